The first-order valence-electron chi connectivity index (χ1n) is 9.27. The van der Waals surface area contributed by atoms with Crippen LogP contribution in [0.3, 0.4) is 0 Å². The molecule has 7 atom stereocenters. The quantitative estimate of drug-likeness (QED) is 0.447. The maximum absolute atomic E-state index is 12.3. The third-order valence-corrected chi connectivity index (χ3v) is 6.74. The van der Waals surface area contributed by atoms with Crippen molar-refractivity contribution in [2.75, 3.05) is 0 Å². The molecule has 3 saturated heterocycles. The zero-order valence-corrected chi connectivity index (χ0v) is 15.3. The van der Waals surface area contributed by atoms with E-state index in [1.165, 1.54) is 11.1 Å². The molecular weight excluding hydrogens is 320 g/mol. The predicted molar refractivity (Wildman–Crippen MR) is 90.5 cm³/mol. The fraction of sp³-hybridized carbons (Fsp3) is 0.700. The first-order chi connectivity index (χ1) is 11.8. The Kier molecular flexibility index (Phi) is 3.66. The minimum Gasteiger partial charge on any atom is -0.458 e. The van der Waals surface area contributed by atoms with Crippen LogP contribution in [-0.4, -0.2) is 35.9 Å². The molecular formula is C20H26O5. The number of hydrogen-bond donors (Lipinski definition) is 0. The molecule has 5 aliphatic rings. The lowest BCUT2D eigenvalue weighted by Crippen LogP contribution is -2.61. The van der Waals surface area contributed by atoms with Crippen LogP contribution in [0.5, 0.6) is 0 Å². The van der Waals surface area contributed by atoms with Gasteiger partial charge in [-0.3, -0.25) is 4.79 Å². The van der Waals surface area contributed by atoms with Gasteiger partial charge >= 0.3 is 11.9 Å². The lowest BCUT2D eigenvalue weighted by atomic mass is 9.78. The van der Waals surface area contributed by atoms with Gasteiger partial charge in [0.2, 0.25) is 0 Å². The van der Waals surface area contributed by atoms with E-state index >= 15 is 0 Å². The lowest BCUT2D eigenvalue weighted by Gasteiger charge is -2.46. The molecule has 1 saturated carbocycles. The van der Waals surface area contributed by atoms with Crippen molar-refractivity contribution < 1.29 is 23.8 Å². The molecule has 3 aliphatic heterocycles. The highest BCUT2D eigenvalue weighted by atomic mass is 16.6. The van der Waals surface area contributed by atoms with Crippen LogP contribution >= 0.6 is 0 Å². The number of rotatable bonds is 3. The Morgan fingerprint density at radius 1 is 1.48 bits per heavy atom. The molecule has 0 spiro atoms. The van der Waals surface area contributed by atoms with Crippen LogP contribution in [0, 0.1) is 17.8 Å². The van der Waals surface area contributed by atoms with Crippen molar-refractivity contribution >= 4 is 11.9 Å². The third kappa shape index (κ3) is 2.11. The summed E-state index contributed by atoms with van der Waals surface area (Å²) >= 11 is 0. The standard InChI is InChI=1S/C20H26O5/c1-6-9(2)18(21)24-17-16-13-10(3)7-8-12-11(4)19(22)23-15(12)14(13)20(17,5)25-16/h9,12,14-17H,4,6-8H2,1-3,5H3/t9?,12-,14?,15+,16-,17-,20+/m0/s1. The van der Waals surface area contributed by atoms with E-state index < -0.39 is 5.60 Å². The van der Waals surface area contributed by atoms with E-state index in [0.29, 0.717) is 5.57 Å². The van der Waals surface area contributed by atoms with Crippen LogP contribution in [0.25, 0.3) is 0 Å². The highest BCUT2D eigenvalue weighted by Crippen LogP contribution is 2.62. The molecule has 4 fully saturated rings. The van der Waals surface area contributed by atoms with Gasteiger partial charge in [0.1, 0.15) is 17.8 Å². The van der Waals surface area contributed by atoms with Crippen LogP contribution < -0.4 is 0 Å². The number of allylic oxidation sites excluding steroid dienone is 1. The second kappa shape index (κ2) is 5.44. The van der Waals surface area contributed by atoms with Crippen LogP contribution in [0.4, 0.5) is 0 Å². The SMILES string of the molecule is C=C1C(=O)O[C@H]2C3C(=C(C)CC[C@@H]12)[C@@H]1O[C@@]3(C)[C@H]1OC(=O)C(C)CC. The van der Waals surface area contributed by atoms with Crippen LogP contribution in [0.15, 0.2) is 23.3 Å². The fourth-order valence-corrected chi connectivity index (χ4v) is 4.98. The minimum absolute atomic E-state index is 0.0237. The Bertz CT molecular complexity index is 692. The highest BCUT2D eigenvalue weighted by Gasteiger charge is 2.73. The van der Waals surface area contributed by atoms with Gasteiger partial charge in [-0.1, -0.05) is 26.0 Å². The summed E-state index contributed by atoms with van der Waals surface area (Å²) in [5, 5.41) is 0. The van der Waals surface area contributed by atoms with E-state index in [1.54, 1.807) is 0 Å². The molecule has 25 heavy (non-hydrogen) atoms. The molecule has 2 unspecified atom stereocenters. The van der Waals surface area contributed by atoms with Gasteiger partial charge in [0, 0.05) is 11.5 Å². The third-order valence-electron chi connectivity index (χ3n) is 6.74. The lowest BCUT2D eigenvalue weighted by molar-refractivity contribution is -0.262. The topological polar surface area (TPSA) is 61.8 Å². The summed E-state index contributed by atoms with van der Waals surface area (Å²) in [6, 6.07) is 0. The average Bonchev–Trinajstić information content (AvgIpc) is 3.09. The molecule has 0 radical (unpaired) electrons. The molecule has 2 bridgehead atoms. The smallest absolute Gasteiger partial charge is 0.334 e. The maximum atomic E-state index is 12.3. The normalized spacial score (nSPS) is 43.0. The van der Waals surface area contributed by atoms with E-state index in [0.717, 1.165) is 19.3 Å². The molecule has 0 aromatic heterocycles. The molecule has 0 aromatic rings. The van der Waals surface area contributed by atoms with E-state index in [-0.39, 0.29) is 48.0 Å². The van der Waals surface area contributed by atoms with E-state index in [4.69, 9.17) is 14.2 Å². The van der Waals surface area contributed by atoms with E-state index in [9.17, 15) is 9.59 Å². The van der Waals surface area contributed by atoms with Crippen molar-refractivity contribution in [3.8, 4) is 0 Å². The number of esters is 2. The number of carbonyl (C=O) groups is 2. The zero-order valence-electron chi connectivity index (χ0n) is 15.3. The summed E-state index contributed by atoms with van der Waals surface area (Å²) in [6.45, 7) is 11.9. The monoisotopic (exact) mass is 346 g/mol. The molecule has 3 heterocycles. The summed E-state index contributed by atoms with van der Waals surface area (Å²) in [5.74, 6) is -0.625. The van der Waals surface area contributed by atoms with E-state index in [1.807, 2.05) is 20.8 Å². The fourth-order valence-electron chi connectivity index (χ4n) is 4.98. The number of ether oxygens (including phenoxy) is 3. The first kappa shape index (κ1) is 16.8. The van der Waals surface area contributed by atoms with Crippen molar-refractivity contribution in [1.82, 2.24) is 0 Å². The Labute approximate surface area is 148 Å². The average molecular weight is 346 g/mol. The van der Waals surface area contributed by atoms with Gasteiger partial charge in [0.25, 0.3) is 0 Å². The summed E-state index contributed by atoms with van der Waals surface area (Å²) in [4.78, 5) is 24.4. The number of carbonyl (C=O) groups excluding carboxylic acids is 2. The summed E-state index contributed by atoms with van der Waals surface area (Å²) < 4.78 is 17.7. The maximum Gasteiger partial charge on any atom is 0.334 e. The van der Waals surface area contributed by atoms with Gasteiger partial charge in [-0.25, -0.2) is 4.79 Å². The highest BCUT2D eigenvalue weighted by molar-refractivity contribution is 5.91. The molecule has 5 heteroatoms. The minimum atomic E-state index is -0.622. The second-order valence-corrected chi connectivity index (χ2v) is 8.14. The largest absolute Gasteiger partial charge is 0.458 e. The van der Waals surface area contributed by atoms with Gasteiger partial charge < -0.3 is 14.2 Å². The van der Waals surface area contributed by atoms with Crippen molar-refractivity contribution in [1.29, 1.82) is 0 Å². The van der Waals surface area contributed by atoms with Crippen molar-refractivity contribution in [3.63, 3.8) is 0 Å². The summed E-state index contributed by atoms with van der Waals surface area (Å²) in [6.07, 6.45) is 1.77. The molecule has 5 rings (SSSR count). The van der Waals surface area contributed by atoms with Gasteiger partial charge in [-0.05, 0) is 38.7 Å². The van der Waals surface area contributed by atoms with Crippen LogP contribution in [0.2, 0.25) is 0 Å². The van der Waals surface area contributed by atoms with Crippen LogP contribution in [0.1, 0.15) is 47.0 Å². The zero-order chi connectivity index (χ0) is 18.1. The van der Waals surface area contributed by atoms with Crippen molar-refractivity contribution in [2.24, 2.45) is 17.8 Å². The Morgan fingerprint density at radius 2 is 2.20 bits per heavy atom. The molecule has 0 aromatic carbocycles. The summed E-state index contributed by atoms with van der Waals surface area (Å²) in [7, 11) is 0. The Morgan fingerprint density at radius 3 is 2.88 bits per heavy atom. The van der Waals surface area contributed by atoms with Gasteiger partial charge in [0.15, 0.2) is 6.10 Å². The van der Waals surface area contributed by atoms with E-state index in [2.05, 4.69) is 13.5 Å². The van der Waals surface area contributed by atoms with Crippen molar-refractivity contribution in [3.05, 3.63) is 23.3 Å². The van der Waals surface area contributed by atoms with Gasteiger partial charge in [0.05, 0.1) is 11.8 Å². The van der Waals surface area contributed by atoms with Crippen LogP contribution in [-0.2, 0) is 23.8 Å². The predicted octanol–water partition coefficient (Wildman–Crippen LogP) is 2.94. The Hall–Kier alpha value is -1.62. The number of fused-ring (bicyclic) bond motifs is 1. The molecule has 2 aliphatic carbocycles. The van der Waals surface area contributed by atoms with Gasteiger partial charge in [-0.15, -0.1) is 0 Å². The van der Waals surface area contributed by atoms with Gasteiger partial charge in [-0.2, -0.15) is 0 Å². The molecule has 136 valence electrons. The molecule has 0 N–H and O–H groups in total. The first-order valence-corrected chi connectivity index (χ1v) is 9.27. The molecule has 0 amide bonds. The van der Waals surface area contributed by atoms with Crippen molar-refractivity contribution in [2.45, 2.75) is 70.9 Å². The number of hydrogen-bond acceptors (Lipinski definition) is 5. The Balaban J connectivity index is 1.68. The second-order valence-electron chi connectivity index (χ2n) is 8.14. The summed E-state index contributed by atoms with van der Waals surface area (Å²) in [5.41, 5.74) is 2.40. The molecule has 5 nitrogen and oxygen atoms in total.